The van der Waals surface area contributed by atoms with Gasteiger partial charge in [-0.25, -0.2) is 0 Å². The molecule has 0 radical (unpaired) electrons. The molecule has 1 aliphatic carbocycles. The van der Waals surface area contributed by atoms with Gasteiger partial charge in [0.2, 0.25) is 0 Å². The molecule has 1 aromatic heterocycles. The number of hydrogen-bond donors (Lipinski definition) is 1. The Hall–Kier alpha value is -0.350. The molecule has 4 heteroatoms. The summed E-state index contributed by atoms with van der Waals surface area (Å²) in [5, 5.41) is 4.65. The molecular weight excluding hydrogens is 302 g/mol. The van der Waals surface area contributed by atoms with E-state index in [-0.39, 0.29) is 6.04 Å². The number of rotatable bonds is 6. The zero-order chi connectivity index (χ0) is 13.8. The Morgan fingerprint density at radius 3 is 2.63 bits per heavy atom. The first-order chi connectivity index (χ1) is 9.15. The van der Waals surface area contributed by atoms with E-state index < -0.39 is 0 Å². The minimum atomic E-state index is 0.270. The zero-order valence-corrected chi connectivity index (χ0v) is 13.7. The highest BCUT2D eigenvalue weighted by Crippen LogP contribution is 2.30. The van der Waals surface area contributed by atoms with Gasteiger partial charge in [-0.2, -0.15) is 5.10 Å². The van der Waals surface area contributed by atoms with E-state index in [9.17, 15) is 0 Å². The van der Waals surface area contributed by atoms with E-state index in [0.717, 1.165) is 31.0 Å². The first kappa shape index (κ1) is 15.0. The molecule has 1 aliphatic rings. The van der Waals surface area contributed by atoms with Crippen molar-refractivity contribution in [3.8, 4) is 0 Å². The highest BCUT2D eigenvalue weighted by atomic mass is 79.9. The van der Waals surface area contributed by atoms with E-state index in [0.29, 0.717) is 0 Å². The van der Waals surface area contributed by atoms with Gasteiger partial charge in [-0.1, -0.05) is 32.6 Å². The molecule has 1 saturated carbocycles. The van der Waals surface area contributed by atoms with Crippen molar-refractivity contribution < 1.29 is 0 Å². The van der Waals surface area contributed by atoms with Gasteiger partial charge in [-0.3, -0.25) is 4.68 Å². The van der Waals surface area contributed by atoms with Gasteiger partial charge in [0, 0.05) is 19.0 Å². The van der Waals surface area contributed by atoms with E-state index >= 15 is 0 Å². The first-order valence-corrected chi connectivity index (χ1v) is 8.44. The highest BCUT2D eigenvalue weighted by Gasteiger charge is 2.21. The van der Waals surface area contributed by atoms with Crippen LogP contribution in [0.1, 0.15) is 57.3 Å². The molecule has 1 aromatic rings. The quantitative estimate of drug-likeness (QED) is 0.866. The van der Waals surface area contributed by atoms with E-state index in [4.69, 9.17) is 5.73 Å². The van der Waals surface area contributed by atoms with Crippen LogP contribution in [0.4, 0.5) is 0 Å². The van der Waals surface area contributed by atoms with Crippen LogP contribution in [0.15, 0.2) is 4.47 Å². The van der Waals surface area contributed by atoms with Crippen molar-refractivity contribution in [2.75, 3.05) is 0 Å². The number of aromatic nitrogens is 2. The predicted molar refractivity (Wildman–Crippen MR) is 83.2 cm³/mol. The second kappa shape index (κ2) is 6.89. The molecule has 1 atom stereocenters. The van der Waals surface area contributed by atoms with Crippen LogP contribution in [0.2, 0.25) is 0 Å². The van der Waals surface area contributed by atoms with Crippen molar-refractivity contribution in [3.05, 3.63) is 15.9 Å². The Balaban J connectivity index is 2.02. The molecule has 2 N–H and O–H groups in total. The van der Waals surface area contributed by atoms with Crippen LogP contribution in [-0.2, 0) is 19.4 Å². The minimum absolute atomic E-state index is 0.270. The summed E-state index contributed by atoms with van der Waals surface area (Å²) in [6, 6.07) is 0.270. The minimum Gasteiger partial charge on any atom is -0.327 e. The summed E-state index contributed by atoms with van der Waals surface area (Å²) in [6.45, 7) is 5.21. The topological polar surface area (TPSA) is 43.8 Å². The molecule has 0 aliphatic heterocycles. The average molecular weight is 328 g/mol. The fourth-order valence-corrected chi connectivity index (χ4v) is 3.94. The number of aryl methyl sites for hydroxylation is 2. The molecule has 0 aromatic carbocycles. The summed E-state index contributed by atoms with van der Waals surface area (Å²) in [5.41, 5.74) is 8.81. The molecule has 2 rings (SSSR count). The lowest BCUT2D eigenvalue weighted by atomic mass is 9.96. The Kier molecular flexibility index (Phi) is 5.46. The summed E-state index contributed by atoms with van der Waals surface area (Å²) in [6.07, 6.45) is 8.63. The van der Waals surface area contributed by atoms with Crippen LogP contribution in [-0.4, -0.2) is 15.8 Å². The fourth-order valence-electron chi connectivity index (χ4n) is 3.22. The third-order valence-corrected chi connectivity index (χ3v) is 5.18. The molecule has 0 saturated heterocycles. The van der Waals surface area contributed by atoms with E-state index in [1.54, 1.807) is 0 Å². The maximum atomic E-state index is 6.37. The lowest BCUT2D eigenvalue weighted by Gasteiger charge is -2.17. The second-order valence-corrected chi connectivity index (χ2v) is 6.52. The van der Waals surface area contributed by atoms with Gasteiger partial charge in [-0.05, 0) is 41.6 Å². The van der Waals surface area contributed by atoms with Crippen LogP contribution >= 0.6 is 15.9 Å². The second-order valence-electron chi connectivity index (χ2n) is 5.73. The van der Waals surface area contributed by atoms with Crippen molar-refractivity contribution in [2.24, 2.45) is 11.7 Å². The Labute approximate surface area is 125 Å². The van der Waals surface area contributed by atoms with Crippen LogP contribution in [0.25, 0.3) is 0 Å². The van der Waals surface area contributed by atoms with Gasteiger partial charge in [0.05, 0.1) is 15.9 Å². The lowest BCUT2D eigenvalue weighted by molar-refractivity contribution is 0.432. The third kappa shape index (κ3) is 3.60. The fraction of sp³-hybridized carbons (Fsp3) is 0.800. The summed E-state index contributed by atoms with van der Waals surface area (Å²) in [5.74, 6) is 0.859. The largest absolute Gasteiger partial charge is 0.327 e. The van der Waals surface area contributed by atoms with E-state index in [1.807, 2.05) is 0 Å². The average Bonchev–Trinajstić information content (AvgIpc) is 2.99. The Bertz CT molecular complexity index is 408. The van der Waals surface area contributed by atoms with Crippen LogP contribution in [0, 0.1) is 5.92 Å². The standard InChI is InChI=1S/C15H26BrN3/c1-3-13-15(16)14(19(4-2)18-13)10-12(17)9-11-7-5-6-8-11/h11-12H,3-10,17H2,1-2H3. The van der Waals surface area contributed by atoms with Crippen LogP contribution in [0.5, 0.6) is 0 Å². The molecule has 1 heterocycles. The van der Waals surface area contributed by atoms with Crippen LogP contribution in [0.3, 0.4) is 0 Å². The molecule has 1 fully saturated rings. The van der Waals surface area contributed by atoms with E-state index in [1.165, 1.54) is 42.3 Å². The molecule has 3 nitrogen and oxygen atoms in total. The first-order valence-electron chi connectivity index (χ1n) is 7.65. The van der Waals surface area contributed by atoms with Gasteiger partial charge >= 0.3 is 0 Å². The third-order valence-electron chi connectivity index (χ3n) is 4.26. The van der Waals surface area contributed by atoms with Gasteiger partial charge in [0.1, 0.15) is 0 Å². The van der Waals surface area contributed by atoms with Crippen molar-refractivity contribution in [2.45, 2.75) is 71.4 Å². The van der Waals surface area contributed by atoms with Gasteiger partial charge in [-0.15, -0.1) is 0 Å². The number of nitrogens with zero attached hydrogens (tertiary/aromatic N) is 2. The number of hydrogen-bond acceptors (Lipinski definition) is 2. The normalized spacial score (nSPS) is 18.1. The summed E-state index contributed by atoms with van der Waals surface area (Å²) in [7, 11) is 0. The summed E-state index contributed by atoms with van der Waals surface area (Å²) >= 11 is 3.71. The maximum absolute atomic E-state index is 6.37. The molecule has 0 spiro atoms. The monoisotopic (exact) mass is 327 g/mol. The molecule has 108 valence electrons. The summed E-state index contributed by atoms with van der Waals surface area (Å²) < 4.78 is 3.29. The van der Waals surface area contributed by atoms with Crippen molar-refractivity contribution in [1.82, 2.24) is 9.78 Å². The van der Waals surface area contributed by atoms with Crippen LogP contribution < -0.4 is 5.73 Å². The zero-order valence-electron chi connectivity index (χ0n) is 12.2. The summed E-state index contributed by atoms with van der Waals surface area (Å²) in [4.78, 5) is 0. The number of halogens is 1. The number of nitrogens with two attached hydrogens (primary N) is 1. The lowest BCUT2D eigenvalue weighted by Crippen LogP contribution is -2.27. The van der Waals surface area contributed by atoms with Crippen molar-refractivity contribution in [3.63, 3.8) is 0 Å². The van der Waals surface area contributed by atoms with Gasteiger partial charge < -0.3 is 5.73 Å². The maximum Gasteiger partial charge on any atom is 0.0766 e. The SMILES string of the molecule is CCc1nn(CC)c(CC(N)CC2CCCC2)c1Br. The molecule has 1 unspecified atom stereocenters. The van der Waals surface area contributed by atoms with Crippen molar-refractivity contribution >= 4 is 15.9 Å². The Morgan fingerprint density at radius 1 is 1.37 bits per heavy atom. The highest BCUT2D eigenvalue weighted by molar-refractivity contribution is 9.10. The van der Waals surface area contributed by atoms with Gasteiger partial charge in [0.15, 0.2) is 0 Å². The van der Waals surface area contributed by atoms with Crippen molar-refractivity contribution in [1.29, 1.82) is 0 Å². The smallest absolute Gasteiger partial charge is 0.0766 e. The van der Waals surface area contributed by atoms with E-state index in [2.05, 4.69) is 39.6 Å². The Morgan fingerprint density at radius 2 is 2.05 bits per heavy atom. The van der Waals surface area contributed by atoms with Gasteiger partial charge in [0.25, 0.3) is 0 Å². The predicted octanol–water partition coefficient (Wildman–Crippen LogP) is 3.68. The molecule has 19 heavy (non-hydrogen) atoms. The molecule has 0 amide bonds. The molecular formula is C15H26BrN3. The molecule has 0 bridgehead atoms.